The summed E-state index contributed by atoms with van der Waals surface area (Å²) in [4.78, 5) is 0. The van der Waals surface area contributed by atoms with Crippen molar-refractivity contribution in [2.24, 2.45) is 5.41 Å². The monoisotopic (exact) mass is 222 g/mol. The van der Waals surface area contributed by atoms with Crippen molar-refractivity contribution in [3.05, 3.63) is 35.4 Å². The molecular weight excluding hydrogens is 192 g/mol. The minimum Gasteiger partial charge on any atom is -0.0776 e. The van der Waals surface area contributed by atoms with Crippen molar-refractivity contribution in [3.8, 4) is 0 Å². The van der Waals surface area contributed by atoms with Crippen molar-refractivity contribution in [1.82, 2.24) is 0 Å². The molecule has 0 amide bonds. The maximum atomic E-state index is 2.34. The van der Waals surface area contributed by atoms with Crippen LogP contribution in [0.4, 0.5) is 0 Å². The summed E-state index contributed by atoms with van der Waals surface area (Å²) in [5.41, 5.74) is 3.44. The third-order valence-corrected chi connectivity index (χ3v) is 2.99. The maximum Gasteiger partial charge on any atom is -0.0105 e. The largest absolute Gasteiger partial charge is 0.0776 e. The zero-order valence-corrected chi connectivity index (χ0v) is 10.1. The fourth-order valence-electron chi connectivity index (χ4n) is 1.83. The van der Waals surface area contributed by atoms with Gasteiger partial charge in [-0.15, -0.1) is 0 Å². The highest BCUT2D eigenvalue weighted by Gasteiger charge is 2.46. The Labute approximate surface area is 103 Å². The number of aryl methyl sites for hydroxylation is 1. The summed E-state index contributed by atoms with van der Waals surface area (Å²) in [6.45, 7) is 10.8. The van der Waals surface area contributed by atoms with Gasteiger partial charge in [-0.25, -0.2) is 0 Å². The summed E-state index contributed by atoms with van der Waals surface area (Å²) in [5.74, 6) is 0.818. The van der Waals surface area contributed by atoms with Gasteiger partial charge < -0.3 is 0 Å². The van der Waals surface area contributed by atoms with Gasteiger partial charge in [0.2, 0.25) is 0 Å². The van der Waals surface area contributed by atoms with Crippen LogP contribution in [0.5, 0.6) is 0 Å². The zero-order valence-electron chi connectivity index (χ0n) is 10.1. The highest BCUT2D eigenvalue weighted by molar-refractivity contribution is 5.30. The van der Waals surface area contributed by atoms with E-state index in [0.29, 0.717) is 5.41 Å². The third-order valence-electron chi connectivity index (χ3n) is 2.99. The van der Waals surface area contributed by atoms with Gasteiger partial charge in [0.25, 0.3) is 0 Å². The third kappa shape index (κ3) is 4.00. The summed E-state index contributed by atoms with van der Waals surface area (Å²) >= 11 is 0. The van der Waals surface area contributed by atoms with Gasteiger partial charge in [0.1, 0.15) is 0 Å². The smallest absolute Gasteiger partial charge is 0.0105 e. The van der Waals surface area contributed by atoms with Crippen LogP contribution in [-0.4, -0.2) is 0 Å². The molecule has 1 atom stereocenters. The molecule has 94 valence electrons. The molecule has 1 aliphatic carbocycles. The van der Waals surface area contributed by atoms with Crippen LogP contribution in [-0.2, 0) is 0 Å². The second-order valence-electron chi connectivity index (χ2n) is 4.66. The van der Waals surface area contributed by atoms with E-state index in [1.54, 1.807) is 0 Å². The van der Waals surface area contributed by atoms with Gasteiger partial charge in [-0.1, -0.05) is 72.4 Å². The van der Waals surface area contributed by atoms with E-state index in [1.165, 1.54) is 17.5 Å². The van der Waals surface area contributed by atoms with Gasteiger partial charge in [0, 0.05) is 0 Å². The lowest BCUT2D eigenvalue weighted by Crippen LogP contribution is -1.89. The molecule has 0 radical (unpaired) electrons. The SMILES string of the molecule is C.C.CC.Cc1ccc(C2CC2(C)C)cc1. The van der Waals surface area contributed by atoms with E-state index in [0.717, 1.165) is 5.92 Å². The second kappa shape index (κ2) is 6.73. The van der Waals surface area contributed by atoms with E-state index >= 15 is 0 Å². The Kier molecular flexibility index (Phi) is 7.40. The summed E-state index contributed by atoms with van der Waals surface area (Å²) in [7, 11) is 0. The Morgan fingerprint density at radius 2 is 1.38 bits per heavy atom. The van der Waals surface area contributed by atoms with Crippen LogP contribution in [0, 0.1) is 12.3 Å². The van der Waals surface area contributed by atoms with E-state index in [9.17, 15) is 0 Å². The average Bonchev–Trinajstić information content (AvgIpc) is 2.80. The molecule has 0 nitrogen and oxygen atoms in total. The zero-order chi connectivity index (χ0) is 10.8. The molecule has 0 N–H and O–H groups in total. The molecular formula is C16H30. The van der Waals surface area contributed by atoms with Gasteiger partial charge in [-0.05, 0) is 30.2 Å². The van der Waals surface area contributed by atoms with E-state index in [4.69, 9.17) is 0 Å². The standard InChI is InChI=1S/C12H16.C2H6.2CH4/c1-9-4-6-10(7-5-9)11-8-12(11,2)3;1-2;;/h4-7,11H,8H2,1-3H3;1-2H3;2*1H4. The second-order valence-corrected chi connectivity index (χ2v) is 4.66. The van der Waals surface area contributed by atoms with Crippen LogP contribution >= 0.6 is 0 Å². The lowest BCUT2D eigenvalue weighted by Gasteiger charge is -2.03. The number of hydrogen-bond donors (Lipinski definition) is 0. The first-order chi connectivity index (χ1) is 6.59. The molecule has 1 aromatic carbocycles. The first-order valence-corrected chi connectivity index (χ1v) is 5.66. The number of hydrogen-bond acceptors (Lipinski definition) is 0. The Morgan fingerprint density at radius 3 is 1.69 bits per heavy atom. The molecule has 0 bridgehead atoms. The molecule has 1 unspecified atom stereocenters. The van der Waals surface area contributed by atoms with Crippen molar-refractivity contribution >= 4 is 0 Å². The highest BCUT2D eigenvalue weighted by Crippen LogP contribution is 2.58. The molecule has 1 aromatic rings. The average molecular weight is 222 g/mol. The predicted octanol–water partition coefficient (Wildman–Crippen LogP) is 5.81. The molecule has 0 saturated heterocycles. The fraction of sp³-hybridized carbons (Fsp3) is 0.625. The molecule has 0 aliphatic heterocycles. The minimum absolute atomic E-state index is 0. The fourth-order valence-corrected chi connectivity index (χ4v) is 1.83. The Bertz CT molecular complexity index is 279. The summed E-state index contributed by atoms with van der Waals surface area (Å²) < 4.78 is 0. The normalized spacial score (nSPS) is 19.4. The maximum absolute atomic E-state index is 2.34. The molecule has 16 heavy (non-hydrogen) atoms. The lowest BCUT2D eigenvalue weighted by atomic mass is 10.0. The summed E-state index contributed by atoms with van der Waals surface area (Å²) in [6, 6.07) is 8.97. The van der Waals surface area contributed by atoms with Crippen molar-refractivity contribution < 1.29 is 0 Å². The Morgan fingerprint density at radius 1 is 1.00 bits per heavy atom. The van der Waals surface area contributed by atoms with Crippen molar-refractivity contribution in [3.63, 3.8) is 0 Å². The Hall–Kier alpha value is -0.780. The van der Waals surface area contributed by atoms with Crippen molar-refractivity contribution in [2.45, 2.75) is 61.8 Å². The van der Waals surface area contributed by atoms with E-state index in [1.807, 2.05) is 13.8 Å². The van der Waals surface area contributed by atoms with Crippen LogP contribution in [0.3, 0.4) is 0 Å². The van der Waals surface area contributed by atoms with Gasteiger partial charge in [-0.3, -0.25) is 0 Å². The summed E-state index contributed by atoms with van der Waals surface area (Å²) in [6.07, 6.45) is 1.36. The molecule has 0 heteroatoms. The molecule has 2 rings (SSSR count). The molecule has 1 fully saturated rings. The topological polar surface area (TPSA) is 0 Å². The van der Waals surface area contributed by atoms with Gasteiger partial charge in [-0.2, -0.15) is 0 Å². The van der Waals surface area contributed by atoms with Crippen LogP contribution in [0.15, 0.2) is 24.3 Å². The first kappa shape index (κ1) is 17.6. The van der Waals surface area contributed by atoms with E-state index in [-0.39, 0.29) is 14.9 Å². The minimum atomic E-state index is 0. The lowest BCUT2D eigenvalue weighted by molar-refractivity contribution is 0.621. The van der Waals surface area contributed by atoms with Gasteiger partial charge >= 0.3 is 0 Å². The number of rotatable bonds is 1. The van der Waals surface area contributed by atoms with Gasteiger partial charge in [0.05, 0.1) is 0 Å². The van der Waals surface area contributed by atoms with Crippen LogP contribution in [0.1, 0.15) is 66.0 Å². The molecule has 1 aliphatic rings. The van der Waals surface area contributed by atoms with Crippen molar-refractivity contribution in [2.75, 3.05) is 0 Å². The predicted molar refractivity (Wildman–Crippen MR) is 77.1 cm³/mol. The van der Waals surface area contributed by atoms with Crippen molar-refractivity contribution in [1.29, 1.82) is 0 Å². The van der Waals surface area contributed by atoms with Crippen LogP contribution < -0.4 is 0 Å². The number of benzene rings is 1. The summed E-state index contributed by atoms with van der Waals surface area (Å²) in [5, 5.41) is 0. The van der Waals surface area contributed by atoms with Gasteiger partial charge in [0.15, 0.2) is 0 Å². The quantitative estimate of drug-likeness (QED) is 0.562. The van der Waals surface area contributed by atoms with E-state index in [2.05, 4.69) is 45.0 Å². The first-order valence-electron chi connectivity index (χ1n) is 5.66. The molecule has 0 heterocycles. The van der Waals surface area contributed by atoms with Crippen LogP contribution in [0.25, 0.3) is 0 Å². The molecule has 0 spiro atoms. The van der Waals surface area contributed by atoms with E-state index < -0.39 is 0 Å². The molecule has 0 aromatic heterocycles. The Balaban J connectivity index is 0. The highest BCUT2D eigenvalue weighted by atomic mass is 14.5. The van der Waals surface area contributed by atoms with Crippen LogP contribution in [0.2, 0.25) is 0 Å². The molecule has 1 saturated carbocycles.